The number of carbonyl (C=O) groups is 2. The normalized spacial score (nSPS) is 10.5. The molecule has 0 unspecified atom stereocenters. The molecule has 0 aliphatic rings. The second kappa shape index (κ2) is 15.3. The topological polar surface area (TPSA) is 66.4 Å². The Bertz CT molecular complexity index is 264. The van der Waals surface area contributed by atoms with E-state index < -0.39 is 5.97 Å². The Morgan fingerprint density at radius 3 is 1.33 bits per heavy atom. The van der Waals surface area contributed by atoms with Gasteiger partial charge >= 0.3 is 5.97 Å². The van der Waals surface area contributed by atoms with Crippen molar-refractivity contribution in [1.29, 1.82) is 0 Å². The summed E-state index contributed by atoms with van der Waals surface area (Å²) in [6.45, 7) is 0. The van der Waals surface area contributed by atoms with Gasteiger partial charge in [0.25, 0.3) is 0 Å². The van der Waals surface area contributed by atoms with E-state index in [9.17, 15) is 14.7 Å². The van der Waals surface area contributed by atoms with E-state index in [4.69, 9.17) is 0 Å². The minimum absolute atomic E-state index is 0.102. The van der Waals surface area contributed by atoms with Crippen LogP contribution in [-0.4, -0.2) is 19.0 Å². The van der Waals surface area contributed by atoms with Crippen molar-refractivity contribution in [1.82, 2.24) is 0 Å². The van der Waals surface area contributed by atoms with Gasteiger partial charge in [0.2, 0.25) is 0 Å². The summed E-state index contributed by atoms with van der Waals surface area (Å²) in [4.78, 5) is 21.1. The monoisotopic (exact) mass is 299 g/mol. The van der Waals surface area contributed by atoms with Crippen molar-refractivity contribution in [3.05, 3.63) is 0 Å². The maximum atomic E-state index is 10.9. The molecule has 0 saturated carbocycles. The highest BCUT2D eigenvalue weighted by Crippen LogP contribution is 2.12. The summed E-state index contributed by atoms with van der Waals surface area (Å²) in [7, 11) is 1.44. The van der Waals surface area contributed by atoms with Gasteiger partial charge in [0.1, 0.15) is 0 Å². The summed E-state index contributed by atoms with van der Waals surface area (Å²) in [6, 6.07) is 0. The van der Waals surface area contributed by atoms with E-state index >= 15 is 0 Å². The molecule has 0 aliphatic carbocycles. The van der Waals surface area contributed by atoms with E-state index in [0.29, 0.717) is 6.42 Å². The number of hydrogen-bond donors (Lipinski definition) is 0. The molecule has 0 amide bonds. The van der Waals surface area contributed by atoms with Crippen LogP contribution in [0.15, 0.2) is 0 Å². The zero-order chi connectivity index (χ0) is 15.8. The Morgan fingerprint density at radius 2 is 1.00 bits per heavy atom. The molecule has 0 aromatic carbocycles. The van der Waals surface area contributed by atoms with E-state index in [1.807, 2.05) is 0 Å². The zero-order valence-corrected chi connectivity index (χ0v) is 13.5. The molecule has 4 heteroatoms. The smallest absolute Gasteiger partial charge is 0.305 e. The number of esters is 1. The highest BCUT2D eigenvalue weighted by molar-refractivity contribution is 5.68. The Labute approximate surface area is 129 Å². The third-order valence-corrected chi connectivity index (χ3v) is 3.74. The first-order valence-corrected chi connectivity index (χ1v) is 8.43. The van der Waals surface area contributed by atoms with E-state index in [1.54, 1.807) is 0 Å². The average molecular weight is 299 g/mol. The summed E-state index contributed by atoms with van der Waals surface area (Å²) in [5, 5.41) is 10.2. The quantitative estimate of drug-likeness (QED) is 0.343. The number of ether oxygens (including phenoxy) is 1. The lowest BCUT2D eigenvalue weighted by atomic mass is 10.0. The van der Waals surface area contributed by atoms with Crippen LogP contribution in [0.3, 0.4) is 0 Å². The number of carboxylic acid groups (broad SMARTS) is 1. The third-order valence-electron chi connectivity index (χ3n) is 3.74. The summed E-state index contributed by atoms with van der Waals surface area (Å²) >= 11 is 0. The molecular formula is C17H31O4-. The molecule has 0 aliphatic heterocycles. The molecule has 21 heavy (non-hydrogen) atoms. The molecular weight excluding hydrogens is 268 g/mol. The number of carbonyl (C=O) groups excluding carboxylic acids is 2. The summed E-state index contributed by atoms with van der Waals surface area (Å²) in [6.07, 6.45) is 14.5. The minimum Gasteiger partial charge on any atom is -0.550 e. The number of hydrogen-bond acceptors (Lipinski definition) is 4. The van der Waals surface area contributed by atoms with Gasteiger partial charge in [-0.2, -0.15) is 0 Å². The van der Waals surface area contributed by atoms with Gasteiger partial charge in [-0.15, -0.1) is 0 Å². The molecule has 124 valence electrons. The predicted molar refractivity (Wildman–Crippen MR) is 81.7 cm³/mol. The Kier molecular flexibility index (Phi) is 14.6. The van der Waals surface area contributed by atoms with E-state index in [2.05, 4.69) is 4.74 Å². The molecule has 0 bridgehead atoms. The first kappa shape index (κ1) is 19.9. The molecule has 0 aromatic heterocycles. The van der Waals surface area contributed by atoms with Gasteiger partial charge in [-0.1, -0.05) is 64.2 Å². The van der Waals surface area contributed by atoms with Crippen LogP contribution in [-0.2, 0) is 14.3 Å². The number of carboxylic acids is 1. The zero-order valence-electron chi connectivity index (χ0n) is 13.5. The van der Waals surface area contributed by atoms with Gasteiger partial charge < -0.3 is 14.6 Å². The minimum atomic E-state index is -0.929. The van der Waals surface area contributed by atoms with Crippen LogP contribution in [0.4, 0.5) is 0 Å². The second-order valence-electron chi connectivity index (χ2n) is 5.69. The third kappa shape index (κ3) is 16.9. The maximum absolute atomic E-state index is 10.9. The first-order valence-electron chi connectivity index (χ1n) is 8.43. The molecule has 0 spiro atoms. The molecule has 0 saturated heterocycles. The van der Waals surface area contributed by atoms with Crippen LogP contribution < -0.4 is 5.11 Å². The van der Waals surface area contributed by atoms with Crippen molar-refractivity contribution in [3.8, 4) is 0 Å². The fourth-order valence-corrected chi connectivity index (χ4v) is 2.41. The average Bonchev–Trinajstić information content (AvgIpc) is 2.46. The Hall–Kier alpha value is -1.06. The Morgan fingerprint density at radius 1 is 0.667 bits per heavy atom. The standard InChI is InChI=1S/C17H32O4/c1-21-17(20)15-13-11-9-7-5-3-2-4-6-8-10-12-14-16(18)19/h2-15H2,1H3,(H,18,19)/p-1. The summed E-state index contributed by atoms with van der Waals surface area (Å²) < 4.78 is 4.60. The fraction of sp³-hybridized carbons (Fsp3) is 0.882. The van der Waals surface area contributed by atoms with Crippen molar-refractivity contribution in [2.24, 2.45) is 0 Å². The molecule has 0 aromatic rings. The molecule has 0 fully saturated rings. The molecule has 0 rings (SSSR count). The van der Waals surface area contributed by atoms with Crippen LogP contribution in [0, 0.1) is 0 Å². The van der Waals surface area contributed by atoms with Crippen LogP contribution in [0.2, 0.25) is 0 Å². The molecule has 0 heterocycles. The van der Waals surface area contributed by atoms with Crippen molar-refractivity contribution in [2.45, 2.75) is 89.9 Å². The highest BCUT2D eigenvalue weighted by Gasteiger charge is 1.99. The number of rotatable bonds is 15. The van der Waals surface area contributed by atoms with Crippen molar-refractivity contribution >= 4 is 11.9 Å². The predicted octanol–water partition coefficient (Wildman–Crippen LogP) is 3.37. The van der Waals surface area contributed by atoms with Crippen molar-refractivity contribution in [2.75, 3.05) is 7.11 Å². The maximum Gasteiger partial charge on any atom is 0.305 e. The SMILES string of the molecule is COC(=O)CCCCCCCCCCCCCCC(=O)[O-]. The van der Waals surface area contributed by atoms with Gasteiger partial charge in [0.05, 0.1) is 7.11 Å². The van der Waals surface area contributed by atoms with E-state index in [-0.39, 0.29) is 12.4 Å². The van der Waals surface area contributed by atoms with Crippen LogP contribution in [0.1, 0.15) is 89.9 Å². The first-order chi connectivity index (χ1) is 10.2. The lowest BCUT2D eigenvalue weighted by molar-refractivity contribution is -0.305. The molecule has 0 N–H and O–H groups in total. The largest absolute Gasteiger partial charge is 0.550 e. The number of unbranched alkanes of at least 4 members (excludes halogenated alkanes) is 11. The van der Waals surface area contributed by atoms with Crippen molar-refractivity contribution < 1.29 is 19.4 Å². The fourth-order valence-electron chi connectivity index (χ4n) is 2.41. The van der Waals surface area contributed by atoms with Crippen LogP contribution in [0.5, 0.6) is 0 Å². The summed E-state index contributed by atoms with van der Waals surface area (Å²) in [5.41, 5.74) is 0. The van der Waals surface area contributed by atoms with Gasteiger partial charge in [-0.05, 0) is 19.3 Å². The van der Waals surface area contributed by atoms with Gasteiger partial charge in [-0.3, -0.25) is 4.79 Å². The number of methoxy groups -OCH3 is 1. The summed E-state index contributed by atoms with van der Waals surface area (Å²) in [5.74, 6) is -1.03. The van der Waals surface area contributed by atoms with Gasteiger partial charge in [-0.25, -0.2) is 0 Å². The van der Waals surface area contributed by atoms with Crippen LogP contribution in [0.25, 0.3) is 0 Å². The lowest BCUT2D eigenvalue weighted by Gasteiger charge is -2.03. The second-order valence-corrected chi connectivity index (χ2v) is 5.69. The van der Waals surface area contributed by atoms with E-state index in [1.165, 1.54) is 52.1 Å². The Balaban J connectivity index is 3.02. The number of aliphatic carboxylic acids is 1. The van der Waals surface area contributed by atoms with E-state index in [0.717, 1.165) is 32.1 Å². The molecule has 4 nitrogen and oxygen atoms in total. The van der Waals surface area contributed by atoms with Gasteiger partial charge in [0, 0.05) is 12.4 Å². The molecule has 0 radical (unpaired) electrons. The highest BCUT2D eigenvalue weighted by atomic mass is 16.5. The van der Waals surface area contributed by atoms with Crippen molar-refractivity contribution in [3.63, 3.8) is 0 Å². The van der Waals surface area contributed by atoms with Crippen LogP contribution >= 0.6 is 0 Å². The lowest BCUT2D eigenvalue weighted by Crippen LogP contribution is -2.21. The van der Waals surface area contributed by atoms with Gasteiger partial charge in [0.15, 0.2) is 0 Å². The molecule has 0 atom stereocenters.